The molecule has 1 aromatic carbocycles. The molecule has 2 atom stereocenters. The van der Waals surface area contributed by atoms with Gasteiger partial charge in [-0.3, -0.25) is 9.79 Å². The highest BCUT2D eigenvalue weighted by Gasteiger charge is 2.37. The van der Waals surface area contributed by atoms with E-state index < -0.39 is 24.0 Å². The fourth-order valence-electron chi connectivity index (χ4n) is 3.69. The summed E-state index contributed by atoms with van der Waals surface area (Å²) in [7, 11) is 0. The fraction of sp³-hybridized carbons (Fsp3) is 0.478. The molecule has 182 valence electrons. The van der Waals surface area contributed by atoms with Crippen LogP contribution in [0.5, 0.6) is 5.75 Å². The number of aromatic nitrogens is 1. The second kappa shape index (κ2) is 10.2. The molecule has 1 unspecified atom stereocenters. The molecule has 1 saturated heterocycles. The molecule has 2 aromatic rings. The smallest absolute Gasteiger partial charge is 0.451 e. The molecular formula is C23H25F3N4O3S. The van der Waals surface area contributed by atoms with E-state index in [1.165, 1.54) is 17.6 Å². The first-order valence-electron chi connectivity index (χ1n) is 11.0. The highest BCUT2D eigenvalue weighted by molar-refractivity contribution is 7.14. The number of hydrogen-bond donors (Lipinski definition) is 1. The van der Waals surface area contributed by atoms with Crippen molar-refractivity contribution in [3.63, 3.8) is 0 Å². The van der Waals surface area contributed by atoms with Gasteiger partial charge in [0.1, 0.15) is 16.9 Å². The van der Waals surface area contributed by atoms with Crippen molar-refractivity contribution in [2.45, 2.75) is 45.0 Å². The van der Waals surface area contributed by atoms with Gasteiger partial charge in [0.05, 0.1) is 19.8 Å². The summed E-state index contributed by atoms with van der Waals surface area (Å²) >= 11 is 1.51. The van der Waals surface area contributed by atoms with Gasteiger partial charge in [-0.15, -0.1) is 11.3 Å². The lowest BCUT2D eigenvalue weighted by Crippen LogP contribution is -2.41. The molecular weight excluding hydrogens is 469 g/mol. The van der Waals surface area contributed by atoms with Crippen molar-refractivity contribution in [3.05, 3.63) is 34.8 Å². The molecule has 11 heteroatoms. The lowest BCUT2D eigenvalue weighted by molar-refractivity contribution is -0.0601. The number of aryl methyl sites for hydroxylation is 1. The number of thiazole rings is 1. The SMILES string of the molecule is Cc1cnc(-c2cc(OC3CCOCC3)cc(C(=O)N[C@@H](C)C3C=NC(C(F)(F)F)=NC3)c2)s1. The van der Waals surface area contributed by atoms with E-state index in [1.54, 1.807) is 25.3 Å². The summed E-state index contributed by atoms with van der Waals surface area (Å²) in [5.41, 5.74) is 1.14. The second-order valence-electron chi connectivity index (χ2n) is 8.32. The first-order valence-corrected chi connectivity index (χ1v) is 11.8. The standard InChI is InChI=1S/C23H25F3N4O3S/c1-13-10-27-21(34-13)16-7-15(8-19(9-16)33-18-3-5-32-6-4-18)20(31)30-14(2)17-11-28-22(29-12-17)23(24,25)26/h7-11,14,17-18H,3-6,12H2,1-2H3,(H,30,31)/t14-,17?/m0/s1. The van der Waals surface area contributed by atoms with Crippen LogP contribution in [0.2, 0.25) is 0 Å². The molecule has 34 heavy (non-hydrogen) atoms. The summed E-state index contributed by atoms with van der Waals surface area (Å²) in [6, 6.07) is 4.82. The summed E-state index contributed by atoms with van der Waals surface area (Å²) in [4.78, 5) is 25.5. The van der Waals surface area contributed by atoms with Gasteiger partial charge in [-0.2, -0.15) is 13.2 Å². The molecule has 0 bridgehead atoms. The molecule has 0 radical (unpaired) electrons. The molecule has 4 rings (SSSR count). The number of ether oxygens (including phenoxy) is 2. The Kier molecular flexibility index (Phi) is 7.32. The predicted molar refractivity (Wildman–Crippen MR) is 124 cm³/mol. The maximum absolute atomic E-state index is 13.1. The summed E-state index contributed by atoms with van der Waals surface area (Å²) < 4.78 is 49.8. The number of alkyl halides is 3. The zero-order valence-electron chi connectivity index (χ0n) is 18.8. The first-order chi connectivity index (χ1) is 16.2. The minimum atomic E-state index is -4.58. The molecule has 1 fully saturated rings. The minimum Gasteiger partial charge on any atom is -0.490 e. The van der Waals surface area contributed by atoms with Crippen LogP contribution >= 0.6 is 11.3 Å². The maximum atomic E-state index is 13.1. The van der Waals surface area contributed by atoms with Crippen molar-refractivity contribution in [1.29, 1.82) is 0 Å². The van der Waals surface area contributed by atoms with Crippen molar-refractivity contribution >= 4 is 29.3 Å². The van der Waals surface area contributed by atoms with Gasteiger partial charge in [0.2, 0.25) is 5.84 Å². The van der Waals surface area contributed by atoms with Crippen LogP contribution in [0.3, 0.4) is 0 Å². The minimum absolute atomic E-state index is 0.00370. The van der Waals surface area contributed by atoms with Gasteiger partial charge in [-0.05, 0) is 32.0 Å². The third kappa shape index (κ3) is 6.01. The lowest BCUT2D eigenvalue weighted by Gasteiger charge is -2.25. The number of carbonyl (C=O) groups is 1. The first kappa shape index (κ1) is 24.3. The quantitative estimate of drug-likeness (QED) is 0.643. The van der Waals surface area contributed by atoms with Gasteiger partial charge in [-0.1, -0.05) is 0 Å². The Hall–Kier alpha value is -2.79. The van der Waals surface area contributed by atoms with Crippen molar-refractivity contribution in [2.75, 3.05) is 19.8 Å². The molecule has 1 N–H and O–H groups in total. The van der Waals surface area contributed by atoms with E-state index >= 15 is 0 Å². The molecule has 0 saturated carbocycles. The number of nitrogens with zero attached hydrogens (tertiary/aromatic N) is 3. The van der Waals surface area contributed by atoms with E-state index in [0.29, 0.717) is 24.5 Å². The average molecular weight is 495 g/mol. The van der Waals surface area contributed by atoms with Crippen molar-refractivity contribution < 1.29 is 27.4 Å². The number of hydrogen-bond acceptors (Lipinski definition) is 7. The molecule has 1 amide bonds. The predicted octanol–water partition coefficient (Wildman–Crippen LogP) is 4.46. The Morgan fingerprint density at radius 2 is 2.03 bits per heavy atom. The van der Waals surface area contributed by atoms with E-state index in [0.717, 1.165) is 28.3 Å². The average Bonchev–Trinajstić information content (AvgIpc) is 3.25. The van der Waals surface area contributed by atoms with Gasteiger partial charge in [0.25, 0.3) is 5.91 Å². The zero-order valence-corrected chi connectivity index (χ0v) is 19.6. The Balaban J connectivity index is 1.51. The van der Waals surface area contributed by atoms with Gasteiger partial charge >= 0.3 is 6.18 Å². The highest BCUT2D eigenvalue weighted by Crippen LogP contribution is 2.31. The van der Waals surface area contributed by atoms with E-state index in [-0.39, 0.29) is 18.6 Å². The zero-order chi connectivity index (χ0) is 24.3. The van der Waals surface area contributed by atoms with Crippen molar-refractivity contribution in [2.24, 2.45) is 15.9 Å². The lowest BCUT2D eigenvalue weighted by atomic mass is 10.0. The topological polar surface area (TPSA) is 85.2 Å². The number of amides is 1. The van der Waals surface area contributed by atoms with Gasteiger partial charge < -0.3 is 14.8 Å². The number of halogens is 3. The van der Waals surface area contributed by atoms with Crippen LogP contribution in [0.4, 0.5) is 13.2 Å². The van der Waals surface area contributed by atoms with Crippen LogP contribution in [-0.4, -0.2) is 61.0 Å². The third-order valence-electron chi connectivity index (χ3n) is 5.60. The molecule has 2 aliphatic rings. The van der Waals surface area contributed by atoms with E-state index in [1.807, 2.05) is 13.0 Å². The number of benzene rings is 1. The summed E-state index contributed by atoms with van der Waals surface area (Å²) in [6.07, 6.45) is -0.0813. The van der Waals surface area contributed by atoms with E-state index in [4.69, 9.17) is 9.47 Å². The number of rotatable bonds is 6. The van der Waals surface area contributed by atoms with Crippen LogP contribution in [0, 0.1) is 12.8 Å². The Bertz CT molecular complexity index is 1090. The van der Waals surface area contributed by atoms with E-state index in [9.17, 15) is 18.0 Å². The van der Waals surface area contributed by atoms with Crippen LogP contribution in [0.1, 0.15) is 35.0 Å². The fourth-order valence-corrected chi connectivity index (χ4v) is 4.44. The van der Waals surface area contributed by atoms with Crippen LogP contribution < -0.4 is 10.1 Å². The van der Waals surface area contributed by atoms with Crippen LogP contribution in [0.15, 0.2) is 34.4 Å². The molecule has 7 nitrogen and oxygen atoms in total. The molecule has 3 heterocycles. The van der Waals surface area contributed by atoms with E-state index in [2.05, 4.69) is 20.3 Å². The summed E-state index contributed by atoms with van der Waals surface area (Å²) in [5.74, 6) is -1.39. The van der Waals surface area contributed by atoms with Crippen molar-refractivity contribution in [1.82, 2.24) is 10.3 Å². The number of nitrogens with one attached hydrogen (secondary N) is 1. The molecule has 0 spiro atoms. The molecule has 1 aromatic heterocycles. The van der Waals surface area contributed by atoms with Crippen molar-refractivity contribution in [3.8, 4) is 16.3 Å². The van der Waals surface area contributed by atoms with Gasteiger partial charge in [0.15, 0.2) is 0 Å². The van der Waals surface area contributed by atoms with Gasteiger partial charge in [0, 0.05) is 53.2 Å². The van der Waals surface area contributed by atoms with Crippen LogP contribution in [0.25, 0.3) is 10.6 Å². The Labute approximate surface area is 199 Å². The largest absolute Gasteiger partial charge is 0.490 e. The summed E-state index contributed by atoms with van der Waals surface area (Å²) in [6.45, 7) is 4.83. The number of aliphatic imine (C=N–C) groups is 2. The molecule has 2 aliphatic heterocycles. The maximum Gasteiger partial charge on any atom is 0.451 e. The second-order valence-corrected chi connectivity index (χ2v) is 9.55. The monoisotopic (exact) mass is 494 g/mol. The summed E-state index contributed by atoms with van der Waals surface area (Å²) in [5, 5.41) is 3.63. The van der Waals surface area contributed by atoms with Crippen LogP contribution in [-0.2, 0) is 4.74 Å². The normalized spacial score (nSPS) is 20.0. The Morgan fingerprint density at radius 3 is 2.65 bits per heavy atom. The Morgan fingerprint density at radius 1 is 1.26 bits per heavy atom. The van der Waals surface area contributed by atoms with Gasteiger partial charge in [-0.25, -0.2) is 9.98 Å². The highest BCUT2D eigenvalue weighted by atomic mass is 32.1. The third-order valence-corrected chi connectivity index (χ3v) is 6.56. The molecule has 0 aliphatic carbocycles. The number of carbonyl (C=O) groups excluding carboxylic acids is 1. The number of amidine groups is 1.